The normalized spacial score (nSPS) is 21.6. The molecule has 0 bridgehead atoms. The van der Waals surface area contributed by atoms with Gasteiger partial charge in [0, 0.05) is 6.54 Å². The van der Waals surface area contributed by atoms with Gasteiger partial charge in [0.25, 0.3) is 6.43 Å². The molecular weight excluding hydrogens is 200 g/mol. The van der Waals surface area contributed by atoms with Crippen LogP contribution in [0.3, 0.4) is 0 Å². The number of hydrogen-bond acceptors (Lipinski definition) is 2. The molecule has 1 rings (SSSR count). The van der Waals surface area contributed by atoms with Crippen LogP contribution in [0.1, 0.15) is 38.5 Å². The number of nitrogens with one attached hydrogen (secondary N) is 1. The molecule has 90 valence electrons. The average molecular weight is 221 g/mol. The first-order valence-electron chi connectivity index (χ1n) is 5.75. The van der Waals surface area contributed by atoms with Crippen LogP contribution < -0.4 is 5.32 Å². The first kappa shape index (κ1) is 12.8. The van der Waals surface area contributed by atoms with Crippen molar-refractivity contribution in [3.8, 4) is 0 Å². The van der Waals surface area contributed by atoms with Crippen LogP contribution >= 0.6 is 0 Å². The quantitative estimate of drug-likeness (QED) is 0.720. The molecule has 15 heavy (non-hydrogen) atoms. The maximum Gasteiger partial charge on any atom is 0.261 e. The topological polar surface area (TPSA) is 21.3 Å². The van der Waals surface area contributed by atoms with Gasteiger partial charge in [-0.15, -0.1) is 0 Å². The molecule has 0 radical (unpaired) electrons. The van der Waals surface area contributed by atoms with Gasteiger partial charge in [-0.25, -0.2) is 8.78 Å². The summed E-state index contributed by atoms with van der Waals surface area (Å²) in [6.45, 7) is 0.251. The van der Waals surface area contributed by atoms with E-state index in [2.05, 4.69) is 5.32 Å². The van der Waals surface area contributed by atoms with Crippen molar-refractivity contribution in [3.05, 3.63) is 0 Å². The number of hydrogen-bond donors (Lipinski definition) is 1. The summed E-state index contributed by atoms with van der Waals surface area (Å²) in [7, 11) is 1.85. The Kier molecular flexibility index (Phi) is 5.47. The fraction of sp³-hybridized carbons (Fsp3) is 1.00. The molecule has 1 saturated carbocycles. The summed E-state index contributed by atoms with van der Waals surface area (Å²) in [6, 6.07) is 0. The summed E-state index contributed by atoms with van der Waals surface area (Å²) in [5.74, 6) is 0. The Bertz CT molecular complexity index is 168. The molecule has 0 aromatic carbocycles. The molecule has 0 heterocycles. The van der Waals surface area contributed by atoms with Crippen molar-refractivity contribution in [3.63, 3.8) is 0 Å². The van der Waals surface area contributed by atoms with E-state index in [-0.39, 0.29) is 5.60 Å². The number of alkyl halides is 2. The van der Waals surface area contributed by atoms with E-state index < -0.39 is 13.0 Å². The van der Waals surface area contributed by atoms with Crippen LogP contribution in [0.25, 0.3) is 0 Å². The van der Waals surface area contributed by atoms with Gasteiger partial charge in [0.1, 0.15) is 6.61 Å². The lowest BCUT2D eigenvalue weighted by atomic mass is 9.94. The Morgan fingerprint density at radius 1 is 1.20 bits per heavy atom. The zero-order chi connectivity index (χ0) is 11.1. The third-order valence-corrected chi connectivity index (χ3v) is 3.03. The first-order valence-corrected chi connectivity index (χ1v) is 5.75. The number of halogens is 2. The molecule has 0 saturated heterocycles. The molecule has 0 unspecified atom stereocenters. The molecule has 0 aromatic heterocycles. The largest absolute Gasteiger partial charge is 0.368 e. The van der Waals surface area contributed by atoms with Gasteiger partial charge in [0.2, 0.25) is 0 Å². The van der Waals surface area contributed by atoms with Crippen LogP contribution in [0.4, 0.5) is 8.78 Å². The van der Waals surface area contributed by atoms with Gasteiger partial charge in [-0.2, -0.15) is 0 Å². The summed E-state index contributed by atoms with van der Waals surface area (Å²) < 4.78 is 29.8. The fourth-order valence-corrected chi connectivity index (χ4v) is 2.31. The van der Waals surface area contributed by atoms with Crippen molar-refractivity contribution < 1.29 is 13.5 Å². The van der Waals surface area contributed by atoms with Crippen LogP contribution in [0.15, 0.2) is 0 Å². The molecule has 0 aromatic rings. The van der Waals surface area contributed by atoms with E-state index in [1.54, 1.807) is 0 Å². The second-order valence-corrected chi connectivity index (χ2v) is 4.33. The molecule has 1 fully saturated rings. The summed E-state index contributed by atoms with van der Waals surface area (Å²) in [5.41, 5.74) is -0.346. The van der Waals surface area contributed by atoms with Gasteiger partial charge in [0.05, 0.1) is 5.60 Å². The minimum atomic E-state index is -2.36. The number of ether oxygens (including phenoxy) is 1. The van der Waals surface area contributed by atoms with Crippen molar-refractivity contribution in [1.82, 2.24) is 5.32 Å². The van der Waals surface area contributed by atoms with Crippen LogP contribution in [-0.2, 0) is 4.74 Å². The van der Waals surface area contributed by atoms with E-state index >= 15 is 0 Å². The van der Waals surface area contributed by atoms with Crippen molar-refractivity contribution >= 4 is 0 Å². The number of likely N-dealkylation sites (N-methyl/N-ethyl adjacent to an activating group) is 1. The van der Waals surface area contributed by atoms with E-state index in [1.165, 1.54) is 12.8 Å². The molecule has 4 heteroatoms. The summed E-state index contributed by atoms with van der Waals surface area (Å²) >= 11 is 0. The average Bonchev–Trinajstić information content (AvgIpc) is 2.42. The number of rotatable bonds is 5. The molecular formula is C11H21F2NO. The highest BCUT2D eigenvalue weighted by molar-refractivity contribution is 4.85. The molecule has 1 aliphatic carbocycles. The molecule has 0 spiro atoms. The summed E-state index contributed by atoms with van der Waals surface area (Å²) in [4.78, 5) is 0. The predicted octanol–water partition coefficient (Wildman–Crippen LogP) is 2.58. The molecule has 1 N–H and O–H groups in total. The van der Waals surface area contributed by atoms with Crippen molar-refractivity contribution in [2.75, 3.05) is 20.2 Å². The van der Waals surface area contributed by atoms with Crippen LogP contribution in [0.2, 0.25) is 0 Å². The van der Waals surface area contributed by atoms with Gasteiger partial charge in [-0.05, 0) is 19.9 Å². The molecule has 0 aliphatic heterocycles. The highest BCUT2D eigenvalue weighted by atomic mass is 19.3. The third kappa shape index (κ3) is 4.43. The van der Waals surface area contributed by atoms with Crippen molar-refractivity contribution in [1.29, 1.82) is 0 Å². The predicted molar refractivity (Wildman–Crippen MR) is 56.3 cm³/mol. The standard InChI is InChI=1S/C11H21F2NO/c1-14-9-11(15-8-10(12)13)6-4-2-3-5-7-11/h10,14H,2-9H2,1H3. The highest BCUT2D eigenvalue weighted by Gasteiger charge is 2.31. The van der Waals surface area contributed by atoms with E-state index in [4.69, 9.17) is 4.74 Å². The minimum Gasteiger partial charge on any atom is -0.368 e. The lowest BCUT2D eigenvalue weighted by molar-refractivity contribution is -0.0947. The Morgan fingerprint density at radius 3 is 2.27 bits per heavy atom. The molecule has 1 aliphatic rings. The van der Waals surface area contributed by atoms with E-state index in [9.17, 15) is 8.78 Å². The molecule has 0 amide bonds. The van der Waals surface area contributed by atoms with E-state index in [0.29, 0.717) is 6.54 Å². The van der Waals surface area contributed by atoms with Crippen molar-refractivity contribution in [2.45, 2.75) is 50.6 Å². The summed E-state index contributed by atoms with van der Waals surface area (Å²) in [6.07, 6.45) is 4.02. The highest BCUT2D eigenvalue weighted by Crippen LogP contribution is 2.30. The molecule has 2 nitrogen and oxygen atoms in total. The van der Waals surface area contributed by atoms with Gasteiger partial charge in [0.15, 0.2) is 0 Å². The van der Waals surface area contributed by atoms with Gasteiger partial charge >= 0.3 is 0 Å². The zero-order valence-electron chi connectivity index (χ0n) is 9.40. The van der Waals surface area contributed by atoms with Crippen LogP contribution in [0.5, 0.6) is 0 Å². The van der Waals surface area contributed by atoms with E-state index in [0.717, 1.165) is 25.7 Å². The second kappa shape index (κ2) is 6.38. The SMILES string of the molecule is CNCC1(OCC(F)F)CCCCCC1. The monoisotopic (exact) mass is 221 g/mol. The molecule has 0 atom stereocenters. The zero-order valence-corrected chi connectivity index (χ0v) is 9.40. The second-order valence-electron chi connectivity index (χ2n) is 4.33. The van der Waals surface area contributed by atoms with Gasteiger partial charge in [-0.1, -0.05) is 25.7 Å². The van der Waals surface area contributed by atoms with Gasteiger partial charge < -0.3 is 10.1 Å². The summed E-state index contributed by atoms with van der Waals surface area (Å²) in [5, 5.41) is 3.06. The lowest BCUT2D eigenvalue weighted by Crippen LogP contribution is -2.42. The Morgan fingerprint density at radius 2 is 1.80 bits per heavy atom. The van der Waals surface area contributed by atoms with Crippen molar-refractivity contribution in [2.24, 2.45) is 0 Å². The van der Waals surface area contributed by atoms with E-state index in [1.807, 2.05) is 7.05 Å². The Hall–Kier alpha value is -0.220. The lowest BCUT2D eigenvalue weighted by Gasteiger charge is -2.32. The van der Waals surface area contributed by atoms with Gasteiger partial charge in [-0.3, -0.25) is 0 Å². The Labute approximate surface area is 90.4 Å². The smallest absolute Gasteiger partial charge is 0.261 e. The maximum atomic E-state index is 12.2. The fourth-order valence-electron chi connectivity index (χ4n) is 2.31. The first-order chi connectivity index (χ1) is 7.18. The minimum absolute atomic E-state index is 0.346. The van der Waals surface area contributed by atoms with Crippen LogP contribution in [-0.4, -0.2) is 32.2 Å². The third-order valence-electron chi connectivity index (χ3n) is 3.03. The Balaban J connectivity index is 2.50. The maximum absolute atomic E-state index is 12.2. The van der Waals surface area contributed by atoms with Crippen LogP contribution in [0, 0.1) is 0 Å².